The van der Waals surface area contributed by atoms with Crippen LogP contribution >= 0.6 is 0 Å². The number of piperidine rings is 1. The van der Waals surface area contributed by atoms with E-state index in [2.05, 4.69) is 9.88 Å². The highest BCUT2D eigenvalue weighted by Crippen LogP contribution is 2.46. The number of ether oxygens (including phenoxy) is 1. The maximum atomic E-state index is 10.6. The predicted octanol–water partition coefficient (Wildman–Crippen LogP) is 2.55. The number of anilines is 1. The van der Waals surface area contributed by atoms with Crippen molar-refractivity contribution in [2.45, 2.75) is 32.7 Å². The quantitative estimate of drug-likeness (QED) is 0.784. The molecule has 1 saturated heterocycles. The summed E-state index contributed by atoms with van der Waals surface area (Å²) in [6.07, 6.45) is 0.807. The van der Waals surface area contributed by atoms with E-state index in [1.54, 1.807) is 13.0 Å². The zero-order valence-corrected chi connectivity index (χ0v) is 14.6. The molecule has 0 aromatic carbocycles. The molecule has 1 aliphatic heterocycles. The number of pyridine rings is 1. The third kappa shape index (κ3) is 3.17. The van der Waals surface area contributed by atoms with Crippen LogP contribution in [0, 0.1) is 18.8 Å². The van der Waals surface area contributed by atoms with Crippen molar-refractivity contribution in [3.05, 3.63) is 47.0 Å². The predicted molar refractivity (Wildman–Crippen MR) is 92.1 cm³/mol. The monoisotopic (exact) mass is 344 g/mol. The number of aromatic nitrogens is 1. The van der Waals surface area contributed by atoms with Gasteiger partial charge in [-0.25, -0.2) is 4.98 Å². The molecule has 1 aliphatic carbocycles. The first-order valence-corrected chi connectivity index (χ1v) is 8.85. The smallest absolute Gasteiger partial charge is 0.184 e. The van der Waals surface area contributed by atoms with E-state index in [9.17, 15) is 10.2 Å². The van der Waals surface area contributed by atoms with Crippen molar-refractivity contribution in [1.82, 2.24) is 4.98 Å². The van der Waals surface area contributed by atoms with Gasteiger partial charge in [-0.15, -0.1) is 0 Å². The molecule has 0 bridgehead atoms. The van der Waals surface area contributed by atoms with Crippen molar-refractivity contribution in [2.75, 3.05) is 24.6 Å². The number of hydrogen-bond donors (Lipinski definition) is 2. The Balaban J connectivity index is 1.50. The summed E-state index contributed by atoms with van der Waals surface area (Å²) in [5.41, 5.74) is 1.99. The molecule has 4 rings (SSSR count). The Kier molecular flexibility index (Phi) is 4.27. The average Bonchev–Trinajstić information content (AvgIpc) is 3.02. The van der Waals surface area contributed by atoms with Gasteiger partial charge >= 0.3 is 0 Å². The average molecular weight is 344 g/mol. The minimum atomic E-state index is -1.04. The molecular weight excluding hydrogens is 320 g/mol. The van der Waals surface area contributed by atoms with Crippen LogP contribution < -0.4 is 4.90 Å². The Morgan fingerprint density at radius 2 is 2.08 bits per heavy atom. The van der Waals surface area contributed by atoms with Crippen LogP contribution in [0.2, 0.25) is 0 Å². The van der Waals surface area contributed by atoms with Gasteiger partial charge in [-0.3, -0.25) is 0 Å². The van der Waals surface area contributed by atoms with E-state index in [1.165, 1.54) is 12.7 Å². The lowest BCUT2D eigenvalue weighted by atomic mass is 10.1. The molecule has 4 atom stereocenters. The first kappa shape index (κ1) is 16.6. The summed E-state index contributed by atoms with van der Waals surface area (Å²) in [6, 6.07) is 5.50. The Morgan fingerprint density at radius 3 is 2.76 bits per heavy atom. The molecule has 25 heavy (non-hydrogen) atoms. The summed E-state index contributed by atoms with van der Waals surface area (Å²) in [5.74, 6) is 3.05. The molecule has 0 spiro atoms. The Morgan fingerprint density at radius 1 is 1.32 bits per heavy atom. The fraction of sp³-hybridized carbons (Fsp3) is 0.526. The van der Waals surface area contributed by atoms with Crippen molar-refractivity contribution in [3.63, 3.8) is 0 Å². The SMILES string of the molecule is CCOC(O)c1coc(C(O)c2ccc(N3CC4CC4C3)nc2C)c1. The molecule has 2 aliphatic rings. The van der Waals surface area contributed by atoms with Gasteiger partial charge in [0, 0.05) is 36.5 Å². The van der Waals surface area contributed by atoms with E-state index in [-0.39, 0.29) is 0 Å². The van der Waals surface area contributed by atoms with Gasteiger partial charge in [-0.05, 0) is 44.2 Å². The second-order valence-electron chi connectivity index (χ2n) is 7.00. The Labute approximate surface area is 147 Å². The van der Waals surface area contributed by atoms with Gasteiger partial charge < -0.3 is 24.3 Å². The highest BCUT2D eigenvalue weighted by Gasteiger charge is 2.45. The second-order valence-corrected chi connectivity index (χ2v) is 7.00. The molecule has 1 saturated carbocycles. The lowest BCUT2D eigenvalue weighted by molar-refractivity contribution is -0.0982. The number of fused-ring (bicyclic) bond motifs is 1. The maximum Gasteiger partial charge on any atom is 0.184 e. The zero-order chi connectivity index (χ0) is 17.6. The fourth-order valence-corrected chi connectivity index (χ4v) is 3.66. The first-order chi connectivity index (χ1) is 12.1. The van der Waals surface area contributed by atoms with Gasteiger partial charge in [-0.1, -0.05) is 6.07 Å². The molecule has 4 unspecified atom stereocenters. The van der Waals surface area contributed by atoms with Gasteiger partial charge in [0.25, 0.3) is 0 Å². The first-order valence-electron chi connectivity index (χ1n) is 8.85. The number of rotatable bonds is 6. The zero-order valence-electron chi connectivity index (χ0n) is 14.6. The maximum absolute atomic E-state index is 10.6. The lowest BCUT2D eigenvalue weighted by Crippen LogP contribution is -2.23. The van der Waals surface area contributed by atoms with Gasteiger partial charge in [0.15, 0.2) is 6.29 Å². The normalized spacial score (nSPS) is 24.2. The molecule has 3 heterocycles. The molecule has 134 valence electrons. The summed E-state index contributed by atoms with van der Waals surface area (Å²) in [7, 11) is 0. The molecule has 2 aromatic rings. The molecular formula is C19H24N2O4. The summed E-state index contributed by atoms with van der Waals surface area (Å²) in [5, 5.41) is 20.5. The van der Waals surface area contributed by atoms with E-state index in [1.807, 2.05) is 19.1 Å². The van der Waals surface area contributed by atoms with Crippen LogP contribution in [0.5, 0.6) is 0 Å². The van der Waals surface area contributed by atoms with E-state index in [0.29, 0.717) is 23.5 Å². The highest BCUT2D eigenvalue weighted by atomic mass is 16.6. The van der Waals surface area contributed by atoms with Crippen molar-refractivity contribution < 1.29 is 19.4 Å². The van der Waals surface area contributed by atoms with Gasteiger partial charge in [0.1, 0.15) is 17.7 Å². The molecule has 6 nitrogen and oxygen atoms in total. The molecule has 0 amide bonds. The fourth-order valence-electron chi connectivity index (χ4n) is 3.66. The van der Waals surface area contributed by atoms with Crippen LogP contribution in [0.25, 0.3) is 0 Å². The lowest BCUT2D eigenvalue weighted by Gasteiger charge is -2.21. The number of aliphatic hydroxyl groups is 2. The highest BCUT2D eigenvalue weighted by molar-refractivity contribution is 5.45. The van der Waals surface area contributed by atoms with E-state index in [4.69, 9.17) is 9.15 Å². The van der Waals surface area contributed by atoms with Crippen LogP contribution in [0.3, 0.4) is 0 Å². The van der Waals surface area contributed by atoms with Gasteiger partial charge in [0.05, 0.1) is 6.26 Å². The van der Waals surface area contributed by atoms with Crippen LogP contribution in [-0.2, 0) is 4.74 Å². The molecule has 2 fully saturated rings. The van der Waals surface area contributed by atoms with Crippen molar-refractivity contribution in [1.29, 1.82) is 0 Å². The number of aliphatic hydroxyl groups excluding tert-OH is 2. The van der Waals surface area contributed by atoms with Crippen molar-refractivity contribution in [3.8, 4) is 0 Å². The van der Waals surface area contributed by atoms with Gasteiger partial charge in [-0.2, -0.15) is 0 Å². The van der Waals surface area contributed by atoms with Crippen LogP contribution in [0.4, 0.5) is 5.82 Å². The molecule has 0 radical (unpaired) electrons. The summed E-state index contributed by atoms with van der Waals surface area (Å²) in [4.78, 5) is 7.00. The van der Waals surface area contributed by atoms with Crippen LogP contribution in [-0.4, -0.2) is 34.9 Å². The minimum Gasteiger partial charge on any atom is -0.466 e. The summed E-state index contributed by atoms with van der Waals surface area (Å²) in [6.45, 7) is 6.29. The topological polar surface area (TPSA) is 79.0 Å². The molecule has 2 N–H and O–H groups in total. The van der Waals surface area contributed by atoms with Gasteiger partial charge in [0.2, 0.25) is 0 Å². The largest absolute Gasteiger partial charge is 0.466 e. The standard InChI is InChI=1S/C19H24N2O4/c1-3-24-19(23)14-7-16(25-10-14)18(22)15-4-5-17(20-11(15)2)21-8-12-6-13(12)9-21/h4-5,7,10,12-13,18-19,22-23H,3,6,8-9H2,1-2H3. The number of hydrogen-bond acceptors (Lipinski definition) is 6. The number of furan rings is 1. The van der Waals surface area contributed by atoms with E-state index >= 15 is 0 Å². The van der Waals surface area contributed by atoms with Crippen LogP contribution in [0.1, 0.15) is 48.3 Å². The Hall–Kier alpha value is -1.89. The Bertz CT molecular complexity index is 750. The summed E-state index contributed by atoms with van der Waals surface area (Å²) < 4.78 is 10.6. The second kappa shape index (κ2) is 6.44. The van der Waals surface area contributed by atoms with Crippen molar-refractivity contribution >= 4 is 5.82 Å². The minimum absolute atomic E-state index is 0.369. The third-order valence-electron chi connectivity index (χ3n) is 5.23. The van der Waals surface area contributed by atoms with Crippen molar-refractivity contribution in [2.24, 2.45) is 11.8 Å². The van der Waals surface area contributed by atoms with Crippen LogP contribution in [0.15, 0.2) is 28.9 Å². The number of aryl methyl sites for hydroxylation is 1. The third-order valence-corrected chi connectivity index (χ3v) is 5.23. The molecule has 6 heteroatoms. The van der Waals surface area contributed by atoms with E-state index in [0.717, 1.165) is 36.4 Å². The van der Waals surface area contributed by atoms with E-state index < -0.39 is 12.4 Å². The number of nitrogens with zero attached hydrogens (tertiary/aromatic N) is 2. The molecule has 2 aromatic heterocycles. The summed E-state index contributed by atoms with van der Waals surface area (Å²) >= 11 is 0.